The van der Waals surface area contributed by atoms with Crippen LogP contribution in [-0.2, 0) is 0 Å². The van der Waals surface area contributed by atoms with Gasteiger partial charge in [-0.1, -0.05) is 0 Å². The summed E-state index contributed by atoms with van der Waals surface area (Å²) in [5.74, 6) is -1.32. The minimum atomic E-state index is -3.04. The van der Waals surface area contributed by atoms with Crippen LogP contribution in [-0.4, -0.2) is 16.8 Å². The predicted octanol–water partition coefficient (Wildman–Crippen LogP) is 2.82. The number of nitrogens with zero attached hydrogens (tertiary/aromatic N) is 1. The van der Waals surface area contributed by atoms with Crippen molar-refractivity contribution in [3.05, 3.63) is 36.3 Å². The zero-order valence-corrected chi connectivity index (χ0v) is 7.95. The molecule has 1 N–H and O–H groups in total. The van der Waals surface area contributed by atoms with Crippen LogP contribution < -0.4 is 4.74 Å². The van der Waals surface area contributed by atoms with Gasteiger partial charge in [0.2, 0.25) is 0 Å². The molecule has 0 fully saturated rings. The largest absolute Gasteiger partial charge is 0.432 e. The molecule has 0 amide bonds. The van der Waals surface area contributed by atoms with Crippen molar-refractivity contribution in [1.82, 2.24) is 10.2 Å². The summed E-state index contributed by atoms with van der Waals surface area (Å²) in [6.07, 6.45) is 1.58. The van der Waals surface area contributed by atoms with Gasteiger partial charge in [0.25, 0.3) is 0 Å². The molecule has 0 saturated carbocycles. The zero-order valence-electron chi connectivity index (χ0n) is 7.95. The first-order valence-corrected chi connectivity index (χ1v) is 4.41. The van der Waals surface area contributed by atoms with Gasteiger partial charge in [-0.15, -0.1) is 0 Å². The average molecular weight is 228 g/mol. The second-order valence-corrected chi connectivity index (χ2v) is 2.98. The number of ether oxygens (including phenoxy) is 1. The summed E-state index contributed by atoms with van der Waals surface area (Å²) < 4.78 is 41.0. The molecule has 1 heterocycles. The van der Waals surface area contributed by atoms with Crippen LogP contribution in [0.2, 0.25) is 0 Å². The Kier molecular flexibility index (Phi) is 2.80. The topological polar surface area (TPSA) is 37.9 Å². The molecule has 0 aliphatic carbocycles. The van der Waals surface area contributed by atoms with Gasteiger partial charge in [-0.2, -0.15) is 13.9 Å². The van der Waals surface area contributed by atoms with E-state index < -0.39 is 18.2 Å². The van der Waals surface area contributed by atoms with Gasteiger partial charge in [0.1, 0.15) is 0 Å². The molecule has 3 nitrogen and oxygen atoms in total. The summed E-state index contributed by atoms with van der Waals surface area (Å²) in [4.78, 5) is 0. The maximum atomic E-state index is 13.3. The second-order valence-electron chi connectivity index (χ2n) is 2.98. The van der Waals surface area contributed by atoms with E-state index in [9.17, 15) is 13.2 Å². The lowest BCUT2D eigenvalue weighted by Gasteiger charge is -2.06. The van der Waals surface area contributed by atoms with Crippen LogP contribution in [0.3, 0.4) is 0 Å². The molecule has 0 aliphatic rings. The van der Waals surface area contributed by atoms with Gasteiger partial charge in [-0.05, 0) is 24.3 Å². The number of benzene rings is 1. The monoisotopic (exact) mass is 228 g/mol. The molecule has 1 aromatic heterocycles. The highest BCUT2D eigenvalue weighted by molar-refractivity contribution is 5.59. The molecule has 0 bridgehead atoms. The van der Waals surface area contributed by atoms with Crippen LogP contribution >= 0.6 is 0 Å². The number of aromatic amines is 1. The van der Waals surface area contributed by atoms with Crippen LogP contribution in [0.5, 0.6) is 5.75 Å². The molecule has 0 unspecified atom stereocenters. The van der Waals surface area contributed by atoms with Gasteiger partial charge in [0.15, 0.2) is 11.6 Å². The number of rotatable bonds is 3. The summed E-state index contributed by atoms with van der Waals surface area (Å²) in [5, 5.41) is 6.41. The van der Waals surface area contributed by atoms with Crippen molar-refractivity contribution in [3.8, 4) is 17.0 Å². The molecule has 6 heteroatoms. The molecule has 0 spiro atoms. The number of halogens is 3. The molecule has 2 aromatic rings. The molecule has 0 atom stereocenters. The number of H-pyrrole nitrogens is 1. The Balaban J connectivity index is 2.29. The summed E-state index contributed by atoms with van der Waals surface area (Å²) in [7, 11) is 0. The van der Waals surface area contributed by atoms with Crippen molar-refractivity contribution in [2.75, 3.05) is 0 Å². The van der Waals surface area contributed by atoms with Crippen molar-refractivity contribution in [3.63, 3.8) is 0 Å². The fraction of sp³-hybridized carbons (Fsp3) is 0.100. The smallest absolute Gasteiger partial charge is 0.387 e. The third-order valence-electron chi connectivity index (χ3n) is 1.94. The molecule has 0 aliphatic heterocycles. The van der Waals surface area contributed by atoms with Gasteiger partial charge in [0.05, 0.1) is 5.69 Å². The van der Waals surface area contributed by atoms with E-state index in [2.05, 4.69) is 14.9 Å². The van der Waals surface area contributed by atoms with Crippen molar-refractivity contribution in [2.24, 2.45) is 0 Å². The number of nitrogens with one attached hydrogen (secondary N) is 1. The quantitative estimate of drug-likeness (QED) is 0.877. The van der Waals surface area contributed by atoms with Crippen molar-refractivity contribution < 1.29 is 17.9 Å². The third kappa shape index (κ3) is 2.16. The first-order valence-electron chi connectivity index (χ1n) is 4.41. The molecule has 0 radical (unpaired) electrons. The Bertz CT molecular complexity index is 471. The number of hydrogen-bond donors (Lipinski definition) is 1. The minimum Gasteiger partial charge on any atom is -0.432 e. The van der Waals surface area contributed by atoms with Gasteiger partial charge in [-0.25, -0.2) is 4.39 Å². The average Bonchev–Trinajstić information content (AvgIpc) is 2.73. The fourth-order valence-corrected chi connectivity index (χ4v) is 1.27. The summed E-state index contributed by atoms with van der Waals surface area (Å²) in [5.41, 5.74) is 1.02. The Morgan fingerprint density at radius 3 is 2.62 bits per heavy atom. The SMILES string of the molecule is Fc1cc(-c2cc[nH]n2)ccc1OC(F)F. The van der Waals surface area contributed by atoms with E-state index in [0.29, 0.717) is 11.3 Å². The molecule has 84 valence electrons. The van der Waals surface area contributed by atoms with Gasteiger partial charge in [0, 0.05) is 11.8 Å². The fourth-order valence-electron chi connectivity index (χ4n) is 1.27. The Hall–Kier alpha value is -1.98. The van der Waals surface area contributed by atoms with Crippen LogP contribution in [0.15, 0.2) is 30.5 Å². The Labute approximate surface area is 88.9 Å². The summed E-state index contributed by atoms with van der Waals surface area (Å²) in [6.45, 7) is -3.04. The van der Waals surface area contributed by atoms with Crippen molar-refractivity contribution in [2.45, 2.75) is 6.61 Å². The maximum Gasteiger partial charge on any atom is 0.387 e. The normalized spacial score (nSPS) is 10.8. The highest BCUT2D eigenvalue weighted by Crippen LogP contribution is 2.25. The summed E-state index contributed by atoms with van der Waals surface area (Å²) >= 11 is 0. The first kappa shape index (κ1) is 10.5. The third-order valence-corrected chi connectivity index (χ3v) is 1.94. The highest BCUT2D eigenvalue weighted by Gasteiger charge is 2.11. The number of aromatic nitrogens is 2. The van der Waals surface area contributed by atoms with Crippen LogP contribution in [0.1, 0.15) is 0 Å². The Morgan fingerprint density at radius 2 is 2.06 bits per heavy atom. The standard InChI is InChI=1S/C10H7F3N2O/c11-7-5-6(8-3-4-14-15-8)1-2-9(7)16-10(12)13/h1-5,10H,(H,14,15). The van der Waals surface area contributed by atoms with Crippen molar-refractivity contribution >= 4 is 0 Å². The van der Waals surface area contributed by atoms with E-state index in [-0.39, 0.29) is 0 Å². The lowest BCUT2D eigenvalue weighted by Crippen LogP contribution is -2.03. The second kappa shape index (κ2) is 4.26. The van der Waals surface area contributed by atoms with E-state index in [1.165, 1.54) is 6.07 Å². The molecule has 1 aromatic carbocycles. The van der Waals surface area contributed by atoms with Crippen LogP contribution in [0, 0.1) is 5.82 Å². The van der Waals surface area contributed by atoms with E-state index in [4.69, 9.17) is 0 Å². The molecule has 2 rings (SSSR count). The molecule has 0 saturated heterocycles. The van der Waals surface area contributed by atoms with E-state index >= 15 is 0 Å². The van der Waals surface area contributed by atoms with Crippen molar-refractivity contribution in [1.29, 1.82) is 0 Å². The molecule has 16 heavy (non-hydrogen) atoms. The van der Waals surface area contributed by atoms with Crippen LogP contribution in [0.25, 0.3) is 11.3 Å². The minimum absolute atomic E-state index is 0.478. The molecular formula is C10H7F3N2O. The lowest BCUT2D eigenvalue weighted by atomic mass is 10.1. The zero-order chi connectivity index (χ0) is 11.5. The van der Waals surface area contributed by atoms with Gasteiger partial charge < -0.3 is 4.74 Å². The summed E-state index contributed by atoms with van der Waals surface area (Å²) in [6, 6.07) is 5.33. The van der Waals surface area contributed by atoms with Gasteiger partial charge >= 0.3 is 6.61 Å². The van der Waals surface area contributed by atoms with Gasteiger partial charge in [-0.3, -0.25) is 5.10 Å². The van der Waals surface area contributed by atoms with E-state index in [0.717, 1.165) is 12.1 Å². The first-order chi connectivity index (χ1) is 7.66. The number of hydrogen-bond acceptors (Lipinski definition) is 2. The lowest BCUT2D eigenvalue weighted by molar-refractivity contribution is -0.0521. The highest BCUT2D eigenvalue weighted by atomic mass is 19.3. The molecular weight excluding hydrogens is 221 g/mol. The van der Waals surface area contributed by atoms with E-state index in [1.807, 2.05) is 0 Å². The Morgan fingerprint density at radius 1 is 1.25 bits per heavy atom. The number of alkyl halides is 2. The maximum absolute atomic E-state index is 13.3. The van der Waals surface area contributed by atoms with E-state index in [1.54, 1.807) is 12.3 Å². The van der Waals surface area contributed by atoms with Crippen LogP contribution in [0.4, 0.5) is 13.2 Å². The predicted molar refractivity (Wildman–Crippen MR) is 50.6 cm³/mol.